The van der Waals surface area contributed by atoms with Gasteiger partial charge in [0.15, 0.2) is 0 Å². The lowest BCUT2D eigenvalue weighted by molar-refractivity contribution is -0.146. The lowest BCUT2D eigenvalue weighted by Gasteiger charge is -2.31. The molecule has 2 aromatic rings. The van der Waals surface area contributed by atoms with E-state index in [2.05, 4.69) is 0 Å². The van der Waals surface area contributed by atoms with Gasteiger partial charge in [0, 0.05) is 6.42 Å². The second-order valence-corrected chi connectivity index (χ2v) is 9.55. The van der Waals surface area contributed by atoms with E-state index < -0.39 is 34.0 Å². The number of nitrogens with zero attached hydrogens (tertiary/aromatic N) is 1. The highest BCUT2D eigenvalue weighted by Crippen LogP contribution is 2.23. The maximum absolute atomic E-state index is 13.4. The molecule has 7 nitrogen and oxygen atoms in total. The van der Waals surface area contributed by atoms with Crippen molar-refractivity contribution in [2.75, 3.05) is 0 Å². The van der Waals surface area contributed by atoms with E-state index in [1.54, 1.807) is 49.4 Å². The van der Waals surface area contributed by atoms with Crippen LogP contribution in [0.5, 0.6) is 0 Å². The Balaban J connectivity index is 2.56. The van der Waals surface area contributed by atoms with Crippen LogP contribution in [0.25, 0.3) is 0 Å². The highest BCUT2D eigenvalue weighted by Gasteiger charge is 2.41. The fourth-order valence-electron chi connectivity index (χ4n) is 3.14. The molecule has 30 heavy (non-hydrogen) atoms. The summed E-state index contributed by atoms with van der Waals surface area (Å²) >= 11 is 0. The third-order valence-corrected chi connectivity index (χ3v) is 6.50. The molecule has 0 spiro atoms. The highest BCUT2D eigenvalue weighted by atomic mass is 32.2. The Morgan fingerprint density at radius 1 is 1.03 bits per heavy atom. The molecule has 0 heterocycles. The number of sulfonamides is 1. The summed E-state index contributed by atoms with van der Waals surface area (Å²) in [6.07, 6.45) is 0.0673. The molecule has 8 heteroatoms. The van der Waals surface area contributed by atoms with Crippen molar-refractivity contribution in [2.24, 2.45) is 11.7 Å². The van der Waals surface area contributed by atoms with Gasteiger partial charge in [-0.1, -0.05) is 61.9 Å². The molecule has 0 bridgehead atoms. The maximum atomic E-state index is 13.4. The van der Waals surface area contributed by atoms with Gasteiger partial charge in [-0.05, 0) is 37.0 Å². The first-order valence-electron chi connectivity index (χ1n) is 9.71. The Morgan fingerprint density at radius 3 is 2.10 bits per heavy atom. The zero-order chi connectivity index (χ0) is 22.5. The van der Waals surface area contributed by atoms with Crippen LogP contribution in [0.4, 0.5) is 0 Å². The molecule has 3 N–H and O–H groups in total. The van der Waals surface area contributed by atoms with Crippen molar-refractivity contribution in [1.82, 2.24) is 4.31 Å². The highest BCUT2D eigenvalue weighted by molar-refractivity contribution is 7.89. The van der Waals surface area contributed by atoms with Crippen molar-refractivity contribution in [3.8, 4) is 0 Å². The van der Waals surface area contributed by atoms with Crippen molar-refractivity contribution in [3.05, 3.63) is 65.7 Å². The van der Waals surface area contributed by atoms with Gasteiger partial charge < -0.3 is 10.8 Å². The third kappa shape index (κ3) is 5.67. The molecule has 0 saturated heterocycles. The van der Waals surface area contributed by atoms with Gasteiger partial charge in [-0.25, -0.2) is 17.5 Å². The fraction of sp³-hybridized carbons (Fsp3) is 0.364. The normalized spacial score (nSPS) is 13.6. The molecule has 0 aromatic heterocycles. The summed E-state index contributed by atoms with van der Waals surface area (Å²) in [4.78, 5) is 25.1. The first-order valence-corrected chi connectivity index (χ1v) is 11.1. The standard InChI is InChI=1S/C22H28N2O5S/c1-15(2)13-19(23)21(25)24(30(28,29)18-11-9-16(3)10-12-18)20(22(26)27)14-17-7-5-4-6-8-17/h4-12,15,19-20H,13-14,23H2,1-3H3,(H,26,27)/t19-,20-/m0/s1. The molecule has 0 unspecified atom stereocenters. The summed E-state index contributed by atoms with van der Waals surface area (Å²) in [5.41, 5.74) is 7.43. The molecular weight excluding hydrogens is 404 g/mol. The van der Waals surface area contributed by atoms with Crippen LogP contribution in [-0.2, 0) is 26.0 Å². The number of hydrogen-bond acceptors (Lipinski definition) is 5. The zero-order valence-corrected chi connectivity index (χ0v) is 18.2. The molecule has 162 valence electrons. The van der Waals surface area contributed by atoms with Gasteiger partial charge in [0.2, 0.25) is 0 Å². The smallest absolute Gasteiger partial charge is 0.328 e. The Bertz CT molecular complexity index is 972. The molecule has 0 saturated carbocycles. The molecule has 2 atom stereocenters. The summed E-state index contributed by atoms with van der Waals surface area (Å²) in [7, 11) is -4.44. The van der Waals surface area contributed by atoms with Crippen LogP contribution in [0, 0.1) is 12.8 Å². The Kier molecular flexibility index (Phi) is 7.75. The second-order valence-electron chi connectivity index (χ2n) is 7.73. The lowest BCUT2D eigenvalue weighted by Crippen LogP contribution is -2.55. The third-order valence-electron chi connectivity index (χ3n) is 4.68. The number of hydrogen-bond donors (Lipinski definition) is 2. The van der Waals surface area contributed by atoms with E-state index in [1.807, 2.05) is 13.8 Å². The average molecular weight is 433 g/mol. The van der Waals surface area contributed by atoms with Gasteiger partial charge in [-0.3, -0.25) is 4.79 Å². The monoisotopic (exact) mass is 432 g/mol. The quantitative estimate of drug-likeness (QED) is 0.629. The molecule has 0 aliphatic carbocycles. The van der Waals surface area contributed by atoms with E-state index in [9.17, 15) is 23.1 Å². The van der Waals surface area contributed by atoms with Crippen molar-refractivity contribution < 1.29 is 23.1 Å². The number of carboxylic acid groups (broad SMARTS) is 1. The molecule has 2 rings (SSSR count). The summed E-state index contributed by atoms with van der Waals surface area (Å²) < 4.78 is 27.3. The number of carbonyl (C=O) groups excluding carboxylic acids is 1. The molecule has 2 aromatic carbocycles. The molecular formula is C22H28N2O5S. The van der Waals surface area contributed by atoms with E-state index in [0.717, 1.165) is 5.56 Å². The molecule has 0 radical (unpaired) electrons. The van der Waals surface area contributed by atoms with Gasteiger partial charge >= 0.3 is 5.97 Å². The number of nitrogens with two attached hydrogens (primary N) is 1. The Hall–Kier alpha value is -2.71. The maximum Gasteiger partial charge on any atom is 0.328 e. The molecule has 0 aliphatic heterocycles. The van der Waals surface area contributed by atoms with Gasteiger partial charge in [0.1, 0.15) is 6.04 Å². The van der Waals surface area contributed by atoms with E-state index in [-0.39, 0.29) is 23.7 Å². The lowest BCUT2D eigenvalue weighted by atomic mass is 10.0. The summed E-state index contributed by atoms with van der Waals surface area (Å²) in [6.45, 7) is 5.50. The fourth-order valence-corrected chi connectivity index (χ4v) is 4.72. The zero-order valence-electron chi connectivity index (χ0n) is 17.4. The first-order chi connectivity index (χ1) is 14.0. The van der Waals surface area contributed by atoms with Crippen molar-refractivity contribution in [2.45, 2.75) is 50.6 Å². The SMILES string of the molecule is Cc1ccc(S(=O)(=O)N(C(=O)[C@@H](N)CC(C)C)[C@@H](Cc2ccccc2)C(=O)O)cc1. The van der Waals surface area contributed by atoms with E-state index >= 15 is 0 Å². The number of benzene rings is 2. The minimum absolute atomic E-state index is 0.0327. The Labute approximate surface area is 177 Å². The second kappa shape index (κ2) is 9.86. The summed E-state index contributed by atoms with van der Waals surface area (Å²) in [5.74, 6) is -2.31. The average Bonchev–Trinajstić information content (AvgIpc) is 2.67. The number of aliphatic carboxylic acids is 1. The van der Waals surface area contributed by atoms with Crippen LogP contribution >= 0.6 is 0 Å². The number of carbonyl (C=O) groups is 2. The van der Waals surface area contributed by atoms with Crippen LogP contribution in [0.15, 0.2) is 59.5 Å². The largest absolute Gasteiger partial charge is 0.480 e. The van der Waals surface area contributed by atoms with Gasteiger partial charge in [-0.15, -0.1) is 0 Å². The van der Waals surface area contributed by atoms with Gasteiger partial charge in [0.05, 0.1) is 10.9 Å². The van der Waals surface area contributed by atoms with Gasteiger partial charge in [0.25, 0.3) is 15.9 Å². The van der Waals surface area contributed by atoms with Crippen molar-refractivity contribution >= 4 is 21.9 Å². The first kappa shape index (κ1) is 23.6. The van der Waals surface area contributed by atoms with E-state index in [0.29, 0.717) is 9.87 Å². The summed E-state index contributed by atoms with van der Waals surface area (Å²) in [6, 6.07) is 11.7. The van der Waals surface area contributed by atoms with Crippen LogP contribution in [0.1, 0.15) is 31.4 Å². The molecule has 0 fully saturated rings. The van der Waals surface area contributed by atoms with Crippen LogP contribution < -0.4 is 5.73 Å². The number of rotatable bonds is 9. The van der Waals surface area contributed by atoms with Crippen LogP contribution in [0.2, 0.25) is 0 Å². The van der Waals surface area contributed by atoms with Crippen LogP contribution in [-0.4, -0.2) is 41.8 Å². The van der Waals surface area contributed by atoms with Crippen molar-refractivity contribution in [3.63, 3.8) is 0 Å². The van der Waals surface area contributed by atoms with E-state index in [1.165, 1.54) is 12.1 Å². The van der Waals surface area contributed by atoms with E-state index in [4.69, 9.17) is 5.73 Å². The molecule has 0 aliphatic rings. The van der Waals surface area contributed by atoms with Gasteiger partial charge in [-0.2, -0.15) is 0 Å². The number of amides is 1. The predicted octanol–water partition coefficient (Wildman–Crippen LogP) is 2.58. The topological polar surface area (TPSA) is 118 Å². The number of aryl methyl sites for hydroxylation is 1. The van der Waals surface area contributed by atoms with Crippen molar-refractivity contribution in [1.29, 1.82) is 0 Å². The Morgan fingerprint density at radius 2 is 1.60 bits per heavy atom. The molecule has 1 amide bonds. The van der Waals surface area contributed by atoms with Crippen LogP contribution in [0.3, 0.4) is 0 Å². The minimum atomic E-state index is -4.44. The number of carboxylic acids is 1. The summed E-state index contributed by atoms with van der Waals surface area (Å²) in [5, 5.41) is 9.87. The minimum Gasteiger partial charge on any atom is -0.480 e. The predicted molar refractivity (Wildman–Crippen MR) is 114 cm³/mol.